The van der Waals surface area contributed by atoms with Gasteiger partial charge in [-0.25, -0.2) is 4.98 Å². The van der Waals surface area contributed by atoms with Crippen LogP contribution in [0.2, 0.25) is 0 Å². The number of nitrogens with zero attached hydrogens (tertiary/aromatic N) is 3. The molecule has 6 nitrogen and oxygen atoms in total. The van der Waals surface area contributed by atoms with Gasteiger partial charge >= 0.3 is 0 Å². The summed E-state index contributed by atoms with van der Waals surface area (Å²) in [5.41, 5.74) is 1.59. The van der Waals surface area contributed by atoms with E-state index in [1.165, 1.54) is 16.0 Å². The average molecular weight is 326 g/mol. The minimum Gasteiger partial charge on any atom is -0.539 e. The van der Waals surface area contributed by atoms with Gasteiger partial charge in [0.05, 0.1) is 17.4 Å². The maximum atomic E-state index is 11.8. The summed E-state index contributed by atoms with van der Waals surface area (Å²) in [5, 5.41) is 18.3. The number of hydrogen-bond donors (Lipinski definition) is 0. The number of aryl methyl sites for hydroxylation is 1. The number of aromatic nitrogens is 3. The Hall–Kier alpha value is -2.12. The summed E-state index contributed by atoms with van der Waals surface area (Å²) in [6, 6.07) is 7.17. The van der Waals surface area contributed by atoms with Crippen molar-refractivity contribution in [1.82, 2.24) is 10.3 Å². The van der Waals surface area contributed by atoms with E-state index in [2.05, 4.69) is 10.3 Å². The van der Waals surface area contributed by atoms with Crippen molar-refractivity contribution >= 4 is 23.7 Å². The molecule has 0 unspecified atom stereocenters. The number of methoxy groups -OCH3 is 1. The first-order valence-corrected chi connectivity index (χ1v) is 6.73. The van der Waals surface area contributed by atoms with Gasteiger partial charge in [0, 0.05) is 17.5 Å². The molecule has 0 aliphatic carbocycles. The SMILES string of the molecule is COc1ccc(-[n+]2noc([O-])c2-c2csc(C)n2)cc1.Cl. The molecule has 0 aliphatic rings. The van der Waals surface area contributed by atoms with E-state index in [-0.39, 0.29) is 12.4 Å². The van der Waals surface area contributed by atoms with Gasteiger partial charge < -0.3 is 14.4 Å². The van der Waals surface area contributed by atoms with Gasteiger partial charge in [-0.15, -0.1) is 23.7 Å². The molecule has 21 heavy (non-hydrogen) atoms. The van der Waals surface area contributed by atoms with Crippen LogP contribution in [-0.4, -0.2) is 17.4 Å². The Morgan fingerprint density at radius 2 is 2.00 bits per heavy atom. The number of halogens is 1. The standard InChI is InChI=1S/C13H11N3O3S.ClH/c1-8-14-11(7-20-8)12-13(17)19-15-16(12)9-3-5-10(18-2)6-4-9;/h3-7H,1-2H3;1H. The molecule has 110 valence electrons. The number of benzene rings is 1. The van der Waals surface area contributed by atoms with E-state index in [1.54, 1.807) is 31.4 Å². The Morgan fingerprint density at radius 3 is 2.57 bits per heavy atom. The number of rotatable bonds is 3. The molecule has 0 atom stereocenters. The predicted molar refractivity (Wildman–Crippen MR) is 77.1 cm³/mol. The third-order valence-electron chi connectivity index (χ3n) is 2.79. The molecule has 0 spiro atoms. The van der Waals surface area contributed by atoms with Gasteiger partial charge in [0.2, 0.25) is 5.69 Å². The molecule has 0 aliphatic heterocycles. The van der Waals surface area contributed by atoms with Crippen LogP contribution in [0.4, 0.5) is 0 Å². The summed E-state index contributed by atoms with van der Waals surface area (Å²) in [7, 11) is 1.59. The Labute approximate surface area is 131 Å². The highest BCUT2D eigenvalue weighted by Gasteiger charge is 2.24. The molecule has 0 radical (unpaired) electrons. The van der Waals surface area contributed by atoms with Crippen LogP contribution in [0.3, 0.4) is 0 Å². The van der Waals surface area contributed by atoms with Crippen LogP contribution in [0.1, 0.15) is 5.01 Å². The lowest BCUT2D eigenvalue weighted by molar-refractivity contribution is -0.660. The third kappa shape index (κ3) is 2.84. The first kappa shape index (κ1) is 15.3. The number of ether oxygens (including phenoxy) is 1. The minimum atomic E-state index is -0.508. The van der Waals surface area contributed by atoms with Crippen molar-refractivity contribution < 1.29 is 19.0 Å². The molecule has 2 heterocycles. The molecule has 3 rings (SSSR count). The molecule has 0 saturated heterocycles. The quantitative estimate of drug-likeness (QED) is 0.687. The van der Waals surface area contributed by atoms with E-state index in [4.69, 9.17) is 9.26 Å². The van der Waals surface area contributed by atoms with E-state index in [9.17, 15) is 5.11 Å². The Morgan fingerprint density at radius 1 is 1.29 bits per heavy atom. The molecule has 0 amide bonds. The second kappa shape index (κ2) is 6.11. The summed E-state index contributed by atoms with van der Waals surface area (Å²) < 4.78 is 11.3. The molecule has 3 aromatic rings. The first-order chi connectivity index (χ1) is 9.69. The first-order valence-electron chi connectivity index (χ1n) is 5.85. The van der Waals surface area contributed by atoms with Crippen molar-refractivity contribution in [1.29, 1.82) is 0 Å². The van der Waals surface area contributed by atoms with Crippen molar-refractivity contribution in [2.24, 2.45) is 0 Å². The van der Waals surface area contributed by atoms with Gasteiger partial charge in [0.1, 0.15) is 5.75 Å². The normalized spacial score (nSPS) is 10.2. The van der Waals surface area contributed by atoms with Gasteiger partial charge in [0.15, 0.2) is 11.6 Å². The topological polar surface area (TPSA) is 75.1 Å². The van der Waals surface area contributed by atoms with Gasteiger partial charge in [-0.3, -0.25) is 0 Å². The van der Waals surface area contributed by atoms with E-state index < -0.39 is 5.95 Å². The summed E-state index contributed by atoms with van der Waals surface area (Å²) in [4.78, 5) is 4.31. The van der Waals surface area contributed by atoms with Gasteiger partial charge in [0.25, 0.3) is 5.69 Å². The molecule has 2 aromatic heterocycles. The van der Waals surface area contributed by atoms with E-state index in [0.717, 1.165) is 10.8 Å². The smallest absolute Gasteiger partial charge is 0.289 e. The minimum absolute atomic E-state index is 0. The fourth-order valence-corrected chi connectivity index (χ4v) is 2.43. The third-order valence-corrected chi connectivity index (χ3v) is 3.56. The van der Waals surface area contributed by atoms with Crippen molar-refractivity contribution in [3.63, 3.8) is 0 Å². The lowest BCUT2D eigenvalue weighted by Crippen LogP contribution is -2.34. The molecule has 0 N–H and O–H groups in total. The highest BCUT2D eigenvalue weighted by molar-refractivity contribution is 7.09. The van der Waals surface area contributed by atoms with Crippen molar-refractivity contribution in [3.8, 4) is 28.8 Å². The molecule has 1 aromatic carbocycles. The zero-order valence-corrected chi connectivity index (χ0v) is 12.9. The monoisotopic (exact) mass is 325 g/mol. The second-order valence-electron chi connectivity index (χ2n) is 4.07. The van der Waals surface area contributed by atoms with Crippen LogP contribution in [0.15, 0.2) is 34.2 Å². The van der Waals surface area contributed by atoms with Crippen molar-refractivity contribution in [2.45, 2.75) is 6.92 Å². The van der Waals surface area contributed by atoms with Gasteiger partial charge in [-0.05, 0) is 23.7 Å². The fourth-order valence-electron chi connectivity index (χ4n) is 1.83. The van der Waals surface area contributed by atoms with Crippen molar-refractivity contribution in [2.75, 3.05) is 7.11 Å². The van der Waals surface area contributed by atoms with Crippen LogP contribution in [0.25, 0.3) is 17.1 Å². The molecule has 0 fully saturated rings. The van der Waals surface area contributed by atoms with Crippen LogP contribution >= 0.6 is 23.7 Å². The summed E-state index contributed by atoms with van der Waals surface area (Å²) >= 11 is 1.47. The average Bonchev–Trinajstić information content (AvgIpc) is 3.05. The van der Waals surface area contributed by atoms with E-state index >= 15 is 0 Å². The molecule has 0 bridgehead atoms. The lowest BCUT2D eigenvalue weighted by Gasteiger charge is -1.98. The largest absolute Gasteiger partial charge is 0.539 e. The zero-order chi connectivity index (χ0) is 14.1. The molecular weight excluding hydrogens is 314 g/mol. The summed E-state index contributed by atoms with van der Waals surface area (Å²) in [6.07, 6.45) is 0. The molecule has 8 heteroatoms. The maximum absolute atomic E-state index is 11.8. The highest BCUT2D eigenvalue weighted by atomic mass is 35.5. The lowest BCUT2D eigenvalue weighted by atomic mass is 10.3. The molecule has 0 saturated carbocycles. The van der Waals surface area contributed by atoms with Gasteiger partial charge in [-0.1, -0.05) is 0 Å². The zero-order valence-electron chi connectivity index (χ0n) is 11.3. The van der Waals surface area contributed by atoms with E-state index in [0.29, 0.717) is 17.1 Å². The number of thiazole rings is 1. The number of hydrogen-bond acceptors (Lipinski definition) is 6. The summed E-state index contributed by atoms with van der Waals surface area (Å²) in [5.74, 6) is 0.220. The van der Waals surface area contributed by atoms with Crippen LogP contribution < -0.4 is 14.5 Å². The maximum Gasteiger partial charge on any atom is 0.289 e. The fraction of sp³-hybridized carbons (Fsp3) is 0.154. The highest BCUT2D eigenvalue weighted by Crippen LogP contribution is 2.25. The molecular formula is C13H12ClN3O3S. The van der Waals surface area contributed by atoms with Gasteiger partial charge in [-0.2, -0.15) is 0 Å². The second-order valence-corrected chi connectivity index (χ2v) is 5.13. The predicted octanol–water partition coefficient (Wildman–Crippen LogP) is 1.89. The van der Waals surface area contributed by atoms with Crippen LogP contribution in [0.5, 0.6) is 11.7 Å². The Balaban J connectivity index is 0.00000161. The summed E-state index contributed by atoms with van der Waals surface area (Å²) in [6.45, 7) is 1.88. The van der Waals surface area contributed by atoms with Crippen LogP contribution in [-0.2, 0) is 0 Å². The van der Waals surface area contributed by atoms with Crippen LogP contribution in [0, 0.1) is 6.92 Å². The Bertz CT molecular complexity index is 739. The Kier molecular flexibility index (Phi) is 4.44. The van der Waals surface area contributed by atoms with Crippen molar-refractivity contribution in [3.05, 3.63) is 34.7 Å². The van der Waals surface area contributed by atoms with E-state index in [1.807, 2.05) is 12.3 Å².